The molecule has 0 radical (unpaired) electrons. The van der Waals surface area contributed by atoms with Gasteiger partial charge in [-0.25, -0.2) is 4.98 Å². The average Bonchev–Trinajstić information content (AvgIpc) is 2.16. The predicted molar refractivity (Wildman–Crippen MR) is 49.9 cm³/mol. The standard InChI is InChI=1S/C9H12N2O2/c1-7(12)11(2)8-5-4-6-10-9(8)13-3/h4-6H,1-3H3. The molecule has 0 saturated heterocycles. The Morgan fingerprint density at radius 2 is 2.31 bits per heavy atom. The lowest BCUT2D eigenvalue weighted by Gasteiger charge is -2.16. The van der Waals surface area contributed by atoms with Crippen molar-refractivity contribution in [2.45, 2.75) is 6.92 Å². The summed E-state index contributed by atoms with van der Waals surface area (Å²) in [5, 5.41) is 0. The predicted octanol–water partition coefficient (Wildman–Crippen LogP) is 1.07. The Hall–Kier alpha value is -1.58. The summed E-state index contributed by atoms with van der Waals surface area (Å²) >= 11 is 0. The topological polar surface area (TPSA) is 42.4 Å². The fourth-order valence-electron chi connectivity index (χ4n) is 0.965. The van der Waals surface area contributed by atoms with E-state index in [9.17, 15) is 4.79 Å². The van der Waals surface area contributed by atoms with Crippen LogP contribution in [-0.4, -0.2) is 25.0 Å². The molecule has 13 heavy (non-hydrogen) atoms. The molecule has 0 aliphatic heterocycles. The van der Waals surface area contributed by atoms with Crippen molar-refractivity contribution in [1.29, 1.82) is 0 Å². The van der Waals surface area contributed by atoms with Gasteiger partial charge in [0.05, 0.1) is 7.11 Å². The van der Waals surface area contributed by atoms with E-state index in [-0.39, 0.29) is 5.91 Å². The monoisotopic (exact) mass is 180 g/mol. The Kier molecular flexibility index (Phi) is 2.84. The first-order valence-electron chi connectivity index (χ1n) is 3.90. The number of nitrogens with zero attached hydrogens (tertiary/aromatic N) is 2. The van der Waals surface area contributed by atoms with E-state index in [0.29, 0.717) is 11.6 Å². The van der Waals surface area contributed by atoms with E-state index in [1.54, 1.807) is 25.4 Å². The van der Waals surface area contributed by atoms with Crippen molar-refractivity contribution in [3.05, 3.63) is 18.3 Å². The molecule has 0 aliphatic rings. The van der Waals surface area contributed by atoms with Gasteiger partial charge in [0.15, 0.2) is 0 Å². The van der Waals surface area contributed by atoms with Crippen molar-refractivity contribution in [3.63, 3.8) is 0 Å². The number of carbonyl (C=O) groups excluding carboxylic acids is 1. The molecule has 1 rings (SSSR count). The lowest BCUT2D eigenvalue weighted by atomic mass is 10.3. The van der Waals surface area contributed by atoms with Crippen LogP contribution >= 0.6 is 0 Å². The van der Waals surface area contributed by atoms with Crippen LogP contribution in [0, 0.1) is 0 Å². The number of carbonyl (C=O) groups is 1. The molecule has 0 atom stereocenters. The number of pyridine rings is 1. The van der Waals surface area contributed by atoms with Gasteiger partial charge >= 0.3 is 0 Å². The quantitative estimate of drug-likeness (QED) is 0.683. The van der Waals surface area contributed by atoms with Crippen LogP contribution in [0.2, 0.25) is 0 Å². The minimum absolute atomic E-state index is 0.0497. The van der Waals surface area contributed by atoms with E-state index in [2.05, 4.69) is 4.98 Å². The number of anilines is 1. The molecule has 0 aromatic carbocycles. The molecule has 0 saturated carbocycles. The molecule has 0 aliphatic carbocycles. The van der Waals surface area contributed by atoms with Gasteiger partial charge in [0, 0.05) is 20.2 Å². The molecule has 1 aromatic rings. The summed E-state index contributed by atoms with van der Waals surface area (Å²) in [6, 6.07) is 3.55. The normalized spacial score (nSPS) is 9.46. The molecule has 4 heteroatoms. The summed E-state index contributed by atoms with van der Waals surface area (Å²) in [4.78, 5) is 16.5. The van der Waals surface area contributed by atoms with Gasteiger partial charge in [-0.1, -0.05) is 0 Å². The van der Waals surface area contributed by atoms with Crippen molar-refractivity contribution in [3.8, 4) is 5.88 Å². The second kappa shape index (κ2) is 3.89. The summed E-state index contributed by atoms with van der Waals surface area (Å²) in [5.41, 5.74) is 0.678. The van der Waals surface area contributed by atoms with Crippen molar-refractivity contribution in [1.82, 2.24) is 4.98 Å². The van der Waals surface area contributed by atoms with E-state index in [4.69, 9.17) is 4.74 Å². The Labute approximate surface area is 77.1 Å². The second-order valence-electron chi connectivity index (χ2n) is 2.61. The number of hydrogen-bond donors (Lipinski definition) is 0. The van der Waals surface area contributed by atoms with Gasteiger partial charge in [0.1, 0.15) is 5.69 Å². The molecule has 0 fully saturated rings. The molecule has 0 N–H and O–H groups in total. The number of rotatable bonds is 2. The van der Waals surface area contributed by atoms with Crippen molar-refractivity contribution < 1.29 is 9.53 Å². The zero-order chi connectivity index (χ0) is 9.84. The van der Waals surface area contributed by atoms with Crippen LogP contribution in [0.15, 0.2) is 18.3 Å². The van der Waals surface area contributed by atoms with E-state index >= 15 is 0 Å². The molecule has 1 heterocycles. The van der Waals surface area contributed by atoms with Gasteiger partial charge in [-0.15, -0.1) is 0 Å². The molecule has 70 valence electrons. The van der Waals surface area contributed by atoms with E-state index in [0.717, 1.165) is 0 Å². The van der Waals surface area contributed by atoms with Crippen LogP contribution < -0.4 is 9.64 Å². The summed E-state index contributed by atoms with van der Waals surface area (Å²) in [7, 11) is 3.21. The van der Waals surface area contributed by atoms with Gasteiger partial charge in [0.25, 0.3) is 0 Å². The molecule has 1 aromatic heterocycles. The number of methoxy groups -OCH3 is 1. The zero-order valence-corrected chi connectivity index (χ0v) is 7.94. The molecular weight excluding hydrogens is 168 g/mol. The highest BCUT2D eigenvalue weighted by atomic mass is 16.5. The Balaban J connectivity index is 3.05. The first-order chi connectivity index (χ1) is 6.16. The van der Waals surface area contributed by atoms with Crippen molar-refractivity contribution in [2.75, 3.05) is 19.1 Å². The number of aromatic nitrogens is 1. The summed E-state index contributed by atoms with van der Waals surface area (Å²) in [6.45, 7) is 1.49. The van der Waals surface area contributed by atoms with Gasteiger partial charge in [-0.2, -0.15) is 0 Å². The number of amides is 1. The van der Waals surface area contributed by atoms with Crippen LogP contribution in [-0.2, 0) is 4.79 Å². The van der Waals surface area contributed by atoms with E-state index in [1.165, 1.54) is 18.9 Å². The van der Waals surface area contributed by atoms with Crippen molar-refractivity contribution in [2.24, 2.45) is 0 Å². The highest BCUT2D eigenvalue weighted by Gasteiger charge is 2.11. The summed E-state index contributed by atoms with van der Waals surface area (Å²) in [5.74, 6) is 0.409. The third-order valence-corrected chi connectivity index (χ3v) is 1.78. The summed E-state index contributed by atoms with van der Waals surface area (Å²) in [6.07, 6.45) is 1.62. The van der Waals surface area contributed by atoms with Crippen LogP contribution in [0.4, 0.5) is 5.69 Å². The largest absolute Gasteiger partial charge is 0.480 e. The van der Waals surface area contributed by atoms with Gasteiger partial charge in [-0.05, 0) is 12.1 Å². The van der Waals surface area contributed by atoms with Crippen molar-refractivity contribution >= 4 is 11.6 Å². The molecular formula is C9H12N2O2. The molecule has 0 spiro atoms. The highest BCUT2D eigenvalue weighted by Crippen LogP contribution is 2.23. The van der Waals surface area contributed by atoms with E-state index in [1.807, 2.05) is 0 Å². The Morgan fingerprint density at radius 3 is 2.85 bits per heavy atom. The minimum atomic E-state index is -0.0497. The van der Waals surface area contributed by atoms with Crippen LogP contribution in [0.3, 0.4) is 0 Å². The molecule has 1 amide bonds. The van der Waals surface area contributed by atoms with Gasteiger partial charge < -0.3 is 9.64 Å². The lowest BCUT2D eigenvalue weighted by Crippen LogP contribution is -2.23. The molecule has 4 nitrogen and oxygen atoms in total. The first kappa shape index (κ1) is 9.51. The zero-order valence-electron chi connectivity index (χ0n) is 7.94. The maximum atomic E-state index is 11.1. The molecule has 0 unspecified atom stereocenters. The van der Waals surface area contributed by atoms with Crippen LogP contribution in [0.5, 0.6) is 5.88 Å². The number of ether oxygens (including phenoxy) is 1. The third-order valence-electron chi connectivity index (χ3n) is 1.78. The maximum absolute atomic E-state index is 11.1. The first-order valence-corrected chi connectivity index (χ1v) is 3.90. The van der Waals surface area contributed by atoms with Gasteiger partial charge in [-0.3, -0.25) is 4.79 Å². The number of hydrogen-bond acceptors (Lipinski definition) is 3. The second-order valence-corrected chi connectivity index (χ2v) is 2.61. The highest BCUT2D eigenvalue weighted by molar-refractivity contribution is 5.92. The maximum Gasteiger partial charge on any atom is 0.237 e. The van der Waals surface area contributed by atoms with Crippen LogP contribution in [0.1, 0.15) is 6.92 Å². The fraction of sp³-hybridized carbons (Fsp3) is 0.333. The smallest absolute Gasteiger partial charge is 0.237 e. The minimum Gasteiger partial charge on any atom is -0.480 e. The average molecular weight is 180 g/mol. The lowest BCUT2D eigenvalue weighted by molar-refractivity contribution is -0.116. The third kappa shape index (κ3) is 1.96. The van der Waals surface area contributed by atoms with Crippen LogP contribution in [0.25, 0.3) is 0 Å². The fourth-order valence-corrected chi connectivity index (χ4v) is 0.965. The molecule has 0 bridgehead atoms. The van der Waals surface area contributed by atoms with E-state index < -0.39 is 0 Å². The Morgan fingerprint density at radius 1 is 1.62 bits per heavy atom. The SMILES string of the molecule is COc1ncccc1N(C)C(C)=O. The summed E-state index contributed by atoms with van der Waals surface area (Å²) < 4.78 is 5.01. The Bertz CT molecular complexity index is 312. The van der Waals surface area contributed by atoms with Gasteiger partial charge in [0.2, 0.25) is 11.8 Å².